The number of benzene rings is 1. The minimum atomic E-state index is -1.65. The Morgan fingerprint density at radius 1 is 1.23 bits per heavy atom. The summed E-state index contributed by atoms with van der Waals surface area (Å²) in [5, 5.41) is 30.1. The summed E-state index contributed by atoms with van der Waals surface area (Å²) >= 11 is 0. The molecule has 2 N–H and O–H groups in total. The maximum Gasteiger partial charge on any atom is 0.191 e. The van der Waals surface area contributed by atoms with E-state index in [0.29, 0.717) is 31.2 Å². The molecule has 0 fully saturated rings. The molecular weight excluding hydrogens is 390 g/mol. The van der Waals surface area contributed by atoms with Crippen molar-refractivity contribution in [3.8, 4) is 29.7 Å². The number of allylic oxidation sites excluding steroid dienone is 2. The number of ether oxygens (including phenoxy) is 2. The second-order valence-corrected chi connectivity index (χ2v) is 8.01. The summed E-state index contributed by atoms with van der Waals surface area (Å²) in [6, 6.07) is 12.0. The Morgan fingerprint density at radius 3 is 2.58 bits per heavy atom. The number of nitrogens with zero attached hydrogens (tertiary/aromatic N) is 4. The second-order valence-electron chi connectivity index (χ2n) is 8.01. The summed E-state index contributed by atoms with van der Waals surface area (Å²) < 4.78 is 11.4. The van der Waals surface area contributed by atoms with E-state index in [1.54, 1.807) is 7.11 Å². The summed E-state index contributed by atoms with van der Waals surface area (Å²) in [4.78, 5) is 2.11. The van der Waals surface area contributed by atoms with Gasteiger partial charge in [-0.1, -0.05) is 25.5 Å². The van der Waals surface area contributed by atoms with Crippen molar-refractivity contribution in [2.24, 2.45) is 17.1 Å². The van der Waals surface area contributed by atoms with E-state index >= 15 is 0 Å². The smallest absolute Gasteiger partial charge is 0.191 e. The summed E-state index contributed by atoms with van der Waals surface area (Å²) in [7, 11) is 3.54. The molecule has 3 rings (SSSR count). The lowest BCUT2D eigenvalue weighted by Crippen LogP contribution is -2.47. The van der Waals surface area contributed by atoms with Crippen LogP contribution >= 0.6 is 0 Å². The molecule has 1 aromatic rings. The van der Waals surface area contributed by atoms with Gasteiger partial charge in [-0.05, 0) is 36.7 Å². The van der Waals surface area contributed by atoms with E-state index in [-0.39, 0.29) is 17.2 Å². The number of nitrogens with two attached hydrogens (primary N) is 1. The van der Waals surface area contributed by atoms with E-state index in [1.165, 1.54) is 0 Å². The third-order valence-corrected chi connectivity index (χ3v) is 6.15. The van der Waals surface area contributed by atoms with Crippen LogP contribution in [-0.4, -0.2) is 38.8 Å². The second kappa shape index (κ2) is 9.13. The first-order valence-corrected chi connectivity index (χ1v) is 10.4. The molecule has 7 nitrogen and oxygen atoms in total. The average Bonchev–Trinajstić information content (AvgIpc) is 2.79. The molecule has 1 aliphatic heterocycles. The van der Waals surface area contributed by atoms with Gasteiger partial charge in [0.2, 0.25) is 0 Å². The van der Waals surface area contributed by atoms with Crippen molar-refractivity contribution < 1.29 is 9.47 Å². The largest absolute Gasteiger partial charge is 0.493 e. The van der Waals surface area contributed by atoms with Crippen LogP contribution < -0.4 is 15.2 Å². The van der Waals surface area contributed by atoms with Crippen molar-refractivity contribution in [2.45, 2.75) is 25.7 Å². The molecular formula is C24H27N5O2. The summed E-state index contributed by atoms with van der Waals surface area (Å²) in [5.41, 5.74) is 6.54. The number of rotatable bonds is 6. The third-order valence-electron chi connectivity index (χ3n) is 6.15. The summed E-state index contributed by atoms with van der Waals surface area (Å²) in [6.07, 6.45) is 3.93. The quantitative estimate of drug-likeness (QED) is 0.706. The van der Waals surface area contributed by atoms with Gasteiger partial charge in [0.1, 0.15) is 6.07 Å². The van der Waals surface area contributed by atoms with Crippen LogP contribution in [-0.2, 0) is 0 Å². The molecule has 0 unspecified atom stereocenters. The lowest BCUT2D eigenvalue weighted by Gasteiger charge is -2.45. The Labute approximate surface area is 183 Å². The highest BCUT2D eigenvalue weighted by molar-refractivity contribution is 5.60. The molecule has 1 aliphatic carbocycles. The Balaban J connectivity index is 2.18. The van der Waals surface area contributed by atoms with E-state index in [1.807, 2.05) is 31.3 Å². The van der Waals surface area contributed by atoms with Crippen molar-refractivity contribution >= 4 is 0 Å². The number of hydrogen-bond donors (Lipinski definition) is 1. The van der Waals surface area contributed by atoms with Gasteiger partial charge in [0, 0.05) is 24.9 Å². The Morgan fingerprint density at radius 2 is 1.97 bits per heavy atom. The Hall–Kier alpha value is -3.47. The van der Waals surface area contributed by atoms with Gasteiger partial charge >= 0.3 is 0 Å². The number of methoxy groups -OCH3 is 1. The van der Waals surface area contributed by atoms with Crippen LogP contribution in [0.4, 0.5) is 0 Å². The van der Waals surface area contributed by atoms with E-state index in [4.69, 9.17) is 15.2 Å². The average molecular weight is 418 g/mol. The van der Waals surface area contributed by atoms with Crippen LogP contribution in [0.3, 0.4) is 0 Å². The van der Waals surface area contributed by atoms with Gasteiger partial charge < -0.3 is 20.1 Å². The van der Waals surface area contributed by atoms with E-state index in [2.05, 4.69) is 30.0 Å². The van der Waals surface area contributed by atoms with E-state index in [0.717, 1.165) is 24.0 Å². The number of likely N-dealkylation sites (N-methyl/N-ethyl adjacent to an activating group) is 1. The number of hydrogen-bond acceptors (Lipinski definition) is 7. The highest BCUT2D eigenvalue weighted by Gasteiger charge is 2.54. The van der Waals surface area contributed by atoms with Gasteiger partial charge in [0.25, 0.3) is 0 Å². The zero-order valence-electron chi connectivity index (χ0n) is 18.2. The number of unbranched alkanes of at least 4 members (excludes halogenated alkanes) is 1. The van der Waals surface area contributed by atoms with Crippen LogP contribution in [0.2, 0.25) is 0 Å². The number of fused-ring (bicyclic) bond motifs is 1. The highest BCUT2D eigenvalue weighted by atomic mass is 16.5. The van der Waals surface area contributed by atoms with Crippen LogP contribution in [0.15, 0.2) is 41.1 Å². The van der Waals surface area contributed by atoms with Gasteiger partial charge in [-0.25, -0.2) is 0 Å². The van der Waals surface area contributed by atoms with Gasteiger partial charge in [0.15, 0.2) is 16.9 Å². The molecule has 160 valence electrons. The van der Waals surface area contributed by atoms with Crippen molar-refractivity contribution in [3.05, 3.63) is 46.7 Å². The zero-order valence-corrected chi connectivity index (χ0v) is 18.2. The van der Waals surface area contributed by atoms with Gasteiger partial charge in [-0.3, -0.25) is 0 Å². The molecule has 0 amide bonds. The fraction of sp³-hybridized carbons (Fsp3) is 0.458. The summed E-state index contributed by atoms with van der Waals surface area (Å²) in [5.74, 6) is 0.387. The van der Waals surface area contributed by atoms with Crippen LogP contribution in [0.25, 0.3) is 0 Å². The normalized spacial score (nSPS) is 22.4. The number of nitriles is 3. The van der Waals surface area contributed by atoms with Crippen molar-refractivity contribution in [1.29, 1.82) is 15.8 Å². The summed E-state index contributed by atoms with van der Waals surface area (Å²) in [6.45, 7) is 3.96. The Bertz CT molecular complexity index is 1020. The lowest BCUT2D eigenvalue weighted by atomic mass is 9.58. The molecule has 2 aliphatic rings. The fourth-order valence-corrected chi connectivity index (χ4v) is 4.52. The molecule has 1 aromatic carbocycles. The van der Waals surface area contributed by atoms with Gasteiger partial charge in [-0.15, -0.1) is 0 Å². The maximum absolute atomic E-state index is 10.2. The van der Waals surface area contributed by atoms with E-state index < -0.39 is 11.3 Å². The minimum Gasteiger partial charge on any atom is -0.493 e. The SMILES string of the molecule is CCCCOc1ccc([C@H]2[C@@H]3CN(C)CC=C3C(C#N)=C(N)C2(C#N)C#N)cc1OC. The van der Waals surface area contributed by atoms with Crippen molar-refractivity contribution in [2.75, 3.05) is 33.9 Å². The standard InChI is InChI=1S/C24H27N5O2/c1-4-5-10-31-20-7-6-16(11-21(20)30-3)22-19-13-29(2)9-8-17(19)18(12-25)23(28)24(22,14-26)15-27/h6-8,11,19,22H,4-5,9-10,13,28H2,1-3H3/t19-,22+/m1/s1. The van der Waals surface area contributed by atoms with E-state index in [9.17, 15) is 15.8 Å². The molecule has 0 saturated carbocycles. The van der Waals surface area contributed by atoms with Crippen LogP contribution in [0, 0.1) is 45.3 Å². The van der Waals surface area contributed by atoms with Crippen LogP contribution in [0.5, 0.6) is 11.5 Å². The predicted octanol–water partition coefficient (Wildman–Crippen LogP) is 3.23. The van der Waals surface area contributed by atoms with Gasteiger partial charge in [0.05, 0.1) is 37.1 Å². The third kappa shape index (κ3) is 3.72. The first-order chi connectivity index (χ1) is 15.0. The molecule has 2 atom stereocenters. The van der Waals surface area contributed by atoms with Gasteiger partial charge in [-0.2, -0.15) is 15.8 Å². The molecule has 0 radical (unpaired) electrons. The van der Waals surface area contributed by atoms with Crippen LogP contribution in [0.1, 0.15) is 31.2 Å². The lowest BCUT2D eigenvalue weighted by molar-refractivity contribution is 0.237. The molecule has 0 aromatic heterocycles. The molecule has 1 heterocycles. The van der Waals surface area contributed by atoms with Crippen molar-refractivity contribution in [1.82, 2.24) is 4.90 Å². The maximum atomic E-state index is 10.2. The predicted molar refractivity (Wildman–Crippen MR) is 116 cm³/mol. The Kier molecular flexibility index (Phi) is 6.54. The minimum absolute atomic E-state index is 0.0271. The first kappa shape index (κ1) is 22.2. The molecule has 0 saturated heterocycles. The van der Waals surface area contributed by atoms with Crippen molar-refractivity contribution in [3.63, 3.8) is 0 Å². The molecule has 31 heavy (non-hydrogen) atoms. The molecule has 0 spiro atoms. The first-order valence-electron chi connectivity index (χ1n) is 10.4. The topological polar surface area (TPSA) is 119 Å². The monoisotopic (exact) mass is 417 g/mol. The molecule has 0 bridgehead atoms. The molecule has 7 heteroatoms. The zero-order chi connectivity index (χ0) is 22.6. The highest BCUT2D eigenvalue weighted by Crippen LogP contribution is 2.54. The fourth-order valence-electron chi connectivity index (χ4n) is 4.52.